The van der Waals surface area contributed by atoms with E-state index in [1.54, 1.807) is 6.07 Å². The number of nitrogens with zero attached hydrogens (tertiary/aromatic N) is 2. The van der Waals surface area contributed by atoms with Crippen molar-refractivity contribution in [1.29, 1.82) is 0 Å². The van der Waals surface area contributed by atoms with Crippen LogP contribution in [0.2, 0.25) is 0 Å². The maximum absolute atomic E-state index is 13.0. The zero-order chi connectivity index (χ0) is 20.9. The minimum atomic E-state index is -4.36. The molecule has 1 heterocycles. The molecule has 28 heavy (non-hydrogen) atoms. The summed E-state index contributed by atoms with van der Waals surface area (Å²) >= 11 is 0. The molecule has 2 N–H and O–H groups in total. The molecule has 0 saturated heterocycles. The topological polar surface area (TPSA) is 62.5 Å². The van der Waals surface area contributed by atoms with E-state index in [9.17, 15) is 13.2 Å². The molecule has 8 heteroatoms. The fraction of sp³-hybridized carbons (Fsp3) is 0.500. The Morgan fingerprint density at radius 1 is 1.14 bits per heavy atom. The van der Waals surface area contributed by atoms with E-state index in [0.29, 0.717) is 30.5 Å². The summed E-state index contributed by atoms with van der Waals surface area (Å²) in [4.78, 5) is 8.75. The van der Waals surface area contributed by atoms with Crippen molar-refractivity contribution in [2.24, 2.45) is 4.99 Å². The van der Waals surface area contributed by atoms with Gasteiger partial charge in [0.15, 0.2) is 5.96 Å². The van der Waals surface area contributed by atoms with E-state index >= 15 is 0 Å². The van der Waals surface area contributed by atoms with Gasteiger partial charge in [0.1, 0.15) is 12.3 Å². The van der Waals surface area contributed by atoms with Gasteiger partial charge >= 0.3 is 6.18 Å². The van der Waals surface area contributed by atoms with Crippen molar-refractivity contribution < 1.29 is 17.6 Å². The average molecular weight is 396 g/mol. The standard InChI is InChI=1S/C20H27F3N4O/c1-6-24-18(25-11-17-27-13(2)14(3)28-17)26-12-19(4,5)15-8-7-9-16(10-15)20(21,22)23/h7-10H,6,11-12H2,1-5H3,(H2,24,25,26). The predicted octanol–water partition coefficient (Wildman–Crippen LogP) is 4.34. The first-order chi connectivity index (χ1) is 13.0. The second kappa shape index (κ2) is 8.67. The van der Waals surface area contributed by atoms with Gasteiger partial charge in [-0.2, -0.15) is 13.2 Å². The van der Waals surface area contributed by atoms with Crippen molar-refractivity contribution in [3.05, 3.63) is 52.7 Å². The molecule has 1 aromatic carbocycles. The maximum atomic E-state index is 13.0. The third kappa shape index (κ3) is 5.74. The number of aryl methyl sites for hydroxylation is 2. The van der Waals surface area contributed by atoms with E-state index in [0.717, 1.165) is 17.5 Å². The number of halogens is 3. The largest absolute Gasteiger partial charge is 0.444 e. The zero-order valence-corrected chi connectivity index (χ0v) is 16.9. The minimum absolute atomic E-state index is 0.272. The van der Waals surface area contributed by atoms with Crippen LogP contribution in [0.4, 0.5) is 13.2 Å². The van der Waals surface area contributed by atoms with Crippen molar-refractivity contribution in [2.45, 2.75) is 52.8 Å². The summed E-state index contributed by atoms with van der Waals surface area (Å²) in [6, 6.07) is 5.43. The first kappa shape index (κ1) is 21.8. The zero-order valence-electron chi connectivity index (χ0n) is 16.9. The van der Waals surface area contributed by atoms with Crippen LogP contribution in [-0.2, 0) is 18.1 Å². The molecule has 0 bridgehead atoms. The highest BCUT2D eigenvalue weighted by Gasteiger charge is 2.32. The predicted molar refractivity (Wildman–Crippen MR) is 103 cm³/mol. The molecule has 0 saturated carbocycles. The Morgan fingerprint density at radius 2 is 1.82 bits per heavy atom. The third-order valence-corrected chi connectivity index (χ3v) is 4.46. The Morgan fingerprint density at radius 3 is 2.39 bits per heavy atom. The van der Waals surface area contributed by atoms with Crippen LogP contribution < -0.4 is 10.6 Å². The Balaban J connectivity index is 2.10. The smallest absolute Gasteiger partial charge is 0.416 e. The highest BCUT2D eigenvalue weighted by Crippen LogP contribution is 2.32. The lowest BCUT2D eigenvalue weighted by molar-refractivity contribution is -0.137. The van der Waals surface area contributed by atoms with E-state index in [2.05, 4.69) is 20.6 Å². The summed E-state index contributed by atoms with van der Waals surface area (Å²) in [6.45, 7) is 10.8. The molecular formula is C20H27F3N4O. The molecule has 0 fully saturated rings. The molecule has 0 aliphatic heterocycles. The summed E-state index contributed by atoms with van der Waals surface area (Å²) < 4.78 is 44.5. The molecule has 2 rings (SSSR count). The Kier molecular flexibility index (Phi) is 6.74. The Labute approximate surface area is 163 Å². The van der Waals surface area contributed by atoms with Crippen LogP contribution in [0, 0.1) is 13.8 Å². The van der Waals surface area contributed by atoms with Gasteiger partial charge in [0.2, 0.25) is 5.89 Å². The maximum Gasteiger partial charge on any atom is 0.416 e. The van der Waals surface area contributed by atoms with Crippen LogP contribution >= 0.6 is 0 Å². The van der Waals surface area contributed by atoms with Crippen molar-refractivity contribution >= 4 is 5.96 Å². The lowest BCUT2D eigenvalue weighted by Crippen LogP contribution is -2.43. The van der Waals surface area contributed by atoms with Gasteiger partial charge < -0.3 is 15.1 Å². The molecule has 0 radical (unpaired) electrons. The highest BCUT2D eigenvalue weighted by molar-refractivity contribution is 5.79. The van der Waals surface area contributed by atoms with Gasteiger partial charge in [-0.05, 0) is 32.4 Å². The van der Waals surface area contributed by atoms with E-state index < -0.39 is 17.2 Å². The molecular weight excluding hydrogens is 369 g/mol. The van der Waals surface area contributed by atoms with Crippen LogP contribution in [-0.4, -0.2) is 24.0 Å². The van der Waals surface area contributed by atoms with Crippen molar-refractivity contribution in [3.63, 3.8) is 0 Å². The number of aliphatic imine (C=N–C) groups is 1. The van der Waals surface area contributed by atoms with E-state index in [1.165, 1.54) is 12.1 Å². The van der Waals surface area contributed by atoms with Gasteiger partial charge in [-0.1, -0.05) is 32.0 Å². The number of guanidine groups is 1. The van der Waals surface area contributed by atoms with Gasteiger partial charge in [0, 0.05) is 18.5 Å². The van der Waals surface area contributed by atoms with Gasteiger partial charge in [0.05, 0.1) is 11.3 Å². The van der Waals surface area contributed by atoms with Gasteiger partial charge in [-0.3, -0.25) is 0 Å². The first-order valence-electron chi connectivity index (χ1n) is 9.15. The normalized spacial score (nSPS) is 12.9. The number of alkyl halides is 3. The summed E-state index contributed by atoms with van der Waals surface area (Å²) in [7, 11) is 0. The van der Waals surface area contributed by atoms with Crippen LogP contribution in [0.1, 0.15) is 49.2 Å². The van der Waals surface area contributed by atoms with Crippen molar-refractivity contribution in [3.8, 4) is 0 Å². The average Bonchev–Trinajstić information content (AvgIpc) is 2.95. The molecule has 0 aliphatic rings. The molecule has 0 unspecified atom stereocenters. The Bertz CT molecular complexity index is 806. The van der Waals surface area contributed by atoms with Gasteiger partial charge in [-0.15, -0.1) is 0 Å². The number of nitrogens with one attached hydrogen (secondary N) is 2. The molecule has 154 valence electrons. The molecule has 2 aromatic rings. The van der Waals surface area contributed by atoms with Crippen LogP contribution in [0.25, 0.3) is 0 Å². The number of benzene rings is 1. The number of hydrogen-bond donors (Lipinski definition) is 2. The van der Waals surface area contributed by atoms with Gasteiger partial charge in [0.25, 0.3) is 0 Å². The van der Waals surface area contributed by atoms with E-state index in [4.69, 9.17) is 4.42 Å². The molecule has 1 aromatic heterocycles. The Hall–Kier alpha value is -2.51. The second-order valence-electron chi connectivity index (χ2n) is 7.26. The molecule has 0 amide bonds. The summed E-state index contributed by atoms with van der Waals surface area (Å²) in [6.07, 6.45) is -4.36. The second-order valence-corrected chi connectivity index (χ2v) is 7.26. The summed E-state index contributed by atoms with van der Waals surface area (Å²) in [5, 5.41) is 6.32. The summed E-state index contributed by atoms with van der Waals surface area (Å²) in [5.41, 5.74) is 0.250. The summed E-state index contributed by atoms with van der Waals surface area (Å²) in [5.74, 6) is 1.83. The van der Waals surface area contributed by atoms with Crippen LogP contribution in [0.5, 0.6) is 0 Å². The molecule has 5 nitrogen and oxygen atoms in total. The van der Waals surface area contributed by atoms with E-state index in [1.807, 2.05) is 34.6 Å². The third-order valence-electron chi connectivity index (χ3n) is 4.46. The lowest BCUT2D eigenvalue weighted by atomic mass is 9.84. The van der Waals surface area contributed by atoms with Crippen molar-refractivity contribution in [2.75, 3.05) is 13.1 Å². The number of oxazole rings is 1. The van der Waals surface area contributed by atoms with Crippen LogP contribution in [0.15, 0.2) is 33.7 Å². The number of aromatic nitrogens is 1. The van der Waals surface area contributed by atoms with E-state index in [-0.39, 0.29) is 6.54 Å². The molecule has 0 atom stereocenters. The van der Waals surface area contributed by atoms with Crippen molar-refractivity contribution in [1.82, 2.24) is 15.6 Å². The van der Waals surface area contributed by atoms with Crippen LogP contribution in [0.3, 0.4) is 0 Å². The number of rotatable bonds is 6. The lowest BCUT2D eigenvalue weighted by Gasteiger charge is -2.27. The molecule has 0 spiro atoms. The SMILES string of the molecule is CCNC(=NCc1nc(C)c(C)o1)NCC(C)(C)c1cccc(C(F)(F)F)c1. The van der Waals surface area contributed by atoms with Gasteiger partial charge in [-0.25, -0.2) is 9.98 Å². The molecule has 0 aliphatic carbocycles. The monoisotopic (exact) mass is 396 g/mol. The fourth-order valence-electron chi connectivity index (χ4n) is 2.62. The highest BCUT2D eigenvalue weighted by atomic mass is 19.4. The number of hydrogen-bond acceptors (Lipinski definition) is 3. The first-order valence-corrected chi connectivity index (χ1v) is 9.15. The quantitative estimate of drug-likeness (QED) is 0.563. The minimum Gasteiger partial charge on any atom is -0.444 e. The fourth-order valence-corrected chi connectivity index (χ4v) is 2.62.